The molecular weight excluding hydrogens is 143 g/mol. The molecule has 0 saturated carbocycles. The number of carbonyl (C=O) groups is 1. The van der Waals surface area contributed by atoms with E-state index in [1.165, 1.54) is 0 Å². The van der Waals surface area contributed by atoms with Crippen LogP contribution in [0.1, 0.15) is 27.2 Å². The standard InChI is InChI=1S/C6H12OS.Na/c1-6(2,3)4-5(7)8;/h4H2,1-3H3,(H,7,8);/q;+1/p-1. The van der Waals surface area contributed by atoms with Gasteiger partial charge in [-0.1, -0.05) is 20.8 Å². The topological polar surface area (TPSA) is 17.1 Å². The van der Waals surface area contributed by atoms with Gasteiger partial charge < -0.3 is 17.4 Å². The number of hydrogen-bond donors (Lipinski definition) is 0. The van der Waals surface area contributed by atoms with Crippen LogP contribution in [-0.4, -0.2) is 5.12 Å². The van der Waals surface area contributed by atoms with Gasteiger partial charge in [0.1, 0.15) is 0 Å². The van der Waals surface area contributed by atoms with Gasteiger partial charge in [-0.3, -0.25) is 0 Å². The first kappa shape index (κ1) is 12.6. The van der Waals surface area contributed by atoms with Crippen LogP contribution >= 0.6 is 0 Å². The molecule has 0 aliphatic heterocycles. The molecule has 0 fully saturated rings. The SMILES string of the molecule is CC(C)(C)CC(=O)[S-].[Na+]. The molecule has 0 spiro atoms. The maximum absolute atomic E-state index is 10.3. The Morgan fingerprint density at radius 2 is 1.78 bits per heavy atom. The Morgan fingerprint density at radius 3 is 1.78 bits per heavy atom. The Labute approximate surface area is 84.3 Å². The third kappa shape index (κ3) is 12.2. The first-order chi connectivity index (χ1) is 3.42. The van der Waals surface area contributed by atoms with Gasteiger partial charge in [0.2, 0.25) is 0 Å². The molecule has 0 aromatic carbocycles. The van der Waals surface area contributed by atoms with E-state index >= 15 is 0 Å². The van der Waals surface area contributed by atoms with Crippen LogP contribution in [0.5, 0.6) is 0 Å². The van der Waals surface area contributed by atoms with E-state index in [-0.39, 0.29) is 40.1 Å². The zero-order valence-electron chi connectivity index (χ0n) is 6.52. The molecule has 0 radical (unpaired) electrons. The molecule has 9 heavy (non-hydrogen) atoms. The Hall–Kier alpha value is 0.890. The van der Waals surface area contributed by atoms with Crippen LogP contribution in [0.4, 0.5) is 0 Å². The molecule has 0 aromatic heterocycles. The zero-order chi connectivity index (χ0) is 6.78. The van der Waals surface area contributed by atoms with Crippen LogP contribution in [0.25, 0.3) is 0 Å². The molecule has 48 valence electrons. The first-order valence-corrected chi connectivity index (χ1v) is 3.02. The van der Waals surface area contributed by atoms with Crippen LogP contribution in [0.3, 0.4) is 0 Å². The predicted molar refractivity (Wildman–Crippen MR) is 36.4 cm³/mol. The van der Waals surface area contributed by atoms with Crippen molar-refractivity contribution in [2.24, 2.45) is 5.41 Å². The average Bonchev–Trinajstić information content (AvgIpc) is 1.21. The second kappa shape index (κ2) is 4.67. The van der Waals surface area contributed by atoms with E-state index in [2.05, 4.69) is 12.6 Å². The molecule has 0 rings (SSSR count). The van der Waals surface area contributed by atoms with E-state index < -0.39 is 0 Å². The normalized spacial score (nSPS) is 10.1. The molecule has 0 bridgehead atoms. The average molecular weight is 154 g/mol. The maximum atomic E-state index is 10.3. The summed E-state index contributed by atoms with van der Waals surface area (Å²) in [5.74, 6) is 0. The van der Waals surface area contributed by atoms with Crippen molar-refractivity contribution < 1.29 is 34.4 Å². The summed E-state index contributed by atoms with van der Waals surface area (Å²) < 4.78 is 0. The number of rotatable bonds is 1. The summed E-state index contributed by atoms with van der Waals surface area (Å²) in [5, 5.41) is -0.141. The molecular formula is C6H11NaOS. The largest absolute Gasteiger partial charge is 1.00 e. The molecule has 0 unspecified atom stereocenters. The van der Waals surface area contributed by atoms with E-state index in [4.69, 9.17) is 0 Å². The summed E-state index contributed by atoms with van der Waals surface area (Å²) in [6.45, 7) is 5.99. The maximum Gasteiger partial charge on any atom is 1.00 e. The van der Waals surface area contributed by atoms with Gasteiger partial charge in [-0.2, -0.15) is 0 Å². The van der Waals surface area contributed by atoms with Crippen LogP contribution in [-0.2, 0) is 17.4 Å². The van der Waals surface area contributed by atoms with E-state index in [0.717, 1.165) is 0 Å². The van der Waals surface area contributed by atoms with Gasteiger partial charge in [0, 0.05) is 5.12 Å². The minimum absolute atomic E-state index is 0. The van der Waals surface area contributed by atoms with Gasteiger partial charge in [-0.05, 0) is 11.8 Å². The molecule has 3 heteroatoms. The molecule has 0 atom stereocenters. The van der Waals surface area contributed by atoms with Crippen molar-refractivity contribution in [2.75, 3.05) is 0 Å². The van der Waals surface area contributed by atoms with Crippen LogP contribution in [0, 0.1) is 5.41 Å². The van der Waals surface area contributed by atoms with Gasteiger partial charge in [0.25, 0.3) is 0 Å². The summed E-state index contributed by atoms with van der Waals surface area (Å²) in [7, 11) is 0. The third-order valence-corrected chi connectivity index (χ3v) is 0.819. The minimum Gasteiger partial charge on any atom is -0.742 e. The quantitative estimate of drug-likeness (QED) is 0.338. The molecule has 0 saturated heterocycles. The second-order valence-corrected chi connectivity index (χ2v) is 3.56. The molecule has 0 amide bonds. The van der Waals surface area contributed by atoms with Crippen molar-refractivity contribution in [2.45, 2.75) is 27.2 Å². The molecule has 0 aromatic rings. The van der Waals surface area contributed by atoms with E-state index in [0.29, 0.717) is 6.42 Å². The van der Waals surface area contributed by atoms with Crippen LogP contribution in [0.15, 0.2) is 0 Å². The predicted octanol–water partition coefficient (Wildman–Crippen LogP) is -1.50. The molecule has 0 aliphatic rings. The summed E-state index contributed by atoms with van der Waals surface area (Å²) in [6, 6.07) is 0. The summed E-state index contributed by atoms with van der Waals surface area (Å²) in [5.41, 5.74) is 0.0683. The Morgan fingerprint density at radius 1 is 1.44 bits per heavy atom. The van der Waals surface area contributed by atoms with Crippen molar-refractivity contribution in [1.29, 1.82) is 0 Å². The first-order valence-electron chi connectivity index (χ1n) is 2.62. The summed E-state index contributed by atoms with van der Waals surface area (Å²) in [4.78, 5) is 10.3. The fraction of sp³-hybridized carbons (Fsp3) is 0.833. The van der Waals surface area contributed by atoms with Gasteiger partial charge in [-0.15, -0.1) is 0 Å². The summed E-state index contributed by atoms with van der Waals surface area (Å²) in [6.07, 6.45) is 0.502. The van der Waals surface area contributed by atoms with Crippen molar-refractivity contribution in [1.82, 2.24) is 0 Å². The zero-order valence-corrected chi connectivity index (χ0v) is 9.34. The van der Waals surface area contributed by atoms with E-state index in [9.17, 15) is 4.79 Å². The van der Waals surface area contributed by atoms with Gasteiger partial charge in [-0.25, -0.2) is 0 Å². The summed E-state index contributed by atoms with van der Waals surface area (Å²) >= 11 is 4.39. The Balaban J connectivity index is 0. The van der Waals surface area contributed by atoms with Crippen molar-refractivity contribution in [3.63, 3.8) is 0 Å². The Kier molecular flexibility index (Phi) is 6.51. The number of carbonyl (C=O) groups excluding carboxylic acids is 1. The van der Waals surface area contributed by atoms with Crippen molar-refractivity contribution >= 4 is 17.7 Å². The third-order valence-electron chi connectivity index (χ3n) is 0.675. The van der Waals surface area contributed by atoms with Crippen molar-refractivity contribution in [3.05, 3.63) is 0 Å². The minimum atomic E-state index is -0.141. The van der Waals surface area contributed by atoms with Gasteiger partial charge in [0.05, 0.1) is 0 Å². The van der Waals surface area contributed by atoms with E-state index in [1.54, 1.807) is 0 Å². The fourth-order valence-electron chi connectivity index (χ4n) is 0.433. The fourth-order valence-corrected chi connectivity index (χ4v) is 0.866. The number of hydrogen-bond acceptors (Lipinski definition) is 2. The monoisotopic (exact) mass is 154 g/mol. The van der Waals surface area contributed by atoms with Crippen molar-refractivity contribution in [3.8, 4) is 0 Å². The van der Waals surface area contributed by atoms with Crippen LogP contribution < -0.4 is 29.6 Å². The molecule has 0 heterocycles. The molecule has 0 aliphatic carbocycles. The smallest absolute Gasteiger partial charge is 0.742 e. The molecule has 0 N–H and O–H groups in total. The second-order valence-electron chi connectivity index (χ2n) is 3.11. The van der Waals surface area contributed by atoms with Gasteiger partial charge in [0.15, 0.2) is 0 Å². The van der Waals surface area contributed by atoms with Gasteiger partial charge >= 0.3 is 29.6 Å². The van der Waals surface area contributed by atoms with Crippen LogP contribution in [0.2, 0.25) is 0 Å². The molecule has 1 nitrogen and oxygen atoms in total. The van der Waals surface area contributed by atoms with E-state index in [1.807, 2.05) is 20.8 Å². The Bertz CT molecular complexity index is 95.7.